The maximum absolute atomic E-state index is 5.68. The van der Waals surface area contributed by atoms with Crippen LogP contribution in [-0.2, 0) is 4.74 Å². The first kappa shape index (κ1) is 12.6. The number of alkyl halides is 1. The van der Waals surface area contributed by atoms with Gasteiger partial charge in [0.25, 0.3) is 0 Å². The maximum Gasteiger partial charge on any atom is 0.182 e. The number of halogens is 1. The van der Waals surface area contributed by atoms with Crippen molar-refractivity contribution in [2.75, 3.05) is 30.5 Å². The molecule has 0 radical (unpaired) electrons. The Morgan fingerprint density at radius 3 is 2.95 bits per heavy atom. The van der Waals surface area contributed by atoms with Gasteiger partial charge in [0.1, 0.15) is 11.8 Å². The predicted molar refractivity (Wildman–Crippen MR) is 73.6 cm³/mol. The number of aromatic amines is 1. The Kier molecular flexibility index (Phi) is 3.79. The van der Waals surface area contributed by atoms with E-state index in [0.29, 0.717) is 24.2 Å². The van der Waals surface area contributed by atoms with Crippen molar-refractivity contribution in [3.8, 4) is 0 Å². The van der Waals surface area contributed by atoms with Gasteiger partial charge in [-0.3, -0.25) is 0 Å². The number of hydrogen-bond acceptors (Lipinski definition) is 5. The van der Waals surface area contributed by atoms with Gasteiger partial charge in [0, 0.05) is 19.0 Å². The van der Waals surface area contributed by atoms with Crippen LogP contribution in [-0.4, -0.2) is 51.6 Å². The smallest absolute Gasteiger partial charge is 0.182 e. The number of fused-ring (bicyclic) bond motifs is 1. The first-order chi connectivity index (χ1) is 9.38. The van der Waals surface area contributed by atoms with Gasteiger partial charge in [0.05, 0.1) is 19.0 Å². The molecule has 19 heavy (non-hydrogen) atoms. The fourth-order valence-corrected chi connectivity index (χ4v) is 2.53. The highest BCUT2D eigenvalue weighted by molar-refractivity contribution is 6.17. The van der Waals surface area contributed by atoms with E-state index < -0.39 is 0 Å². The first-order valence-electron chi connectivity index (χ1n) is 6.45. The molecule has 0 bridgehead atoms. The van der Waals surface area contributed by atoms with Crippen molar-refractivity contribution in [3.05, 3.63) is 12.7 Å². The molecule has 0 unspecified atom stereocenters. The second-order valence-corrected chi connectivity index (χ2v) is 4.92. The highest BCUT2D eigenvalue weighted by Crippen LogP contribution is 2.24. The summed E-state index contributed by atoms with van der Waals surface area (Å²) in [5.74, 6) is 1.49. The van der Waals surface area contributed by atoms with Crippen LogP contribution < -0.4 is 4.90 Å². The molecule has 0 spiro atoms. The van der Waals surface area contributed by atoms with E-state index in [2.05, 4.69) is 24.8 Å². The summed E-state index contributed by atoms with van der Waals surface area (Å²) in [6.45, 7) is 2.49. The van der Waals surface area contributed by atoms with E-state index in [0.717, 1.165) is 37.3 Å². The van der Waals surface area contributed by atoms with Crippen molar-refractivity contribution in [1.82, 2.24) is 19.9 Å². The van der Waals surface area contributed by atoms with E-state index in [9.17, 15) is 0 Å². The summed E-state index contributed by atoms with van der Waals surface area (Å²) in [4.78, 5) is 18.0. The summed E-state index contributed by atoms with van der Waals surface area (Å²) in [6.07, 6.45) is 5.52. The SMILES string of the molecule is ClCCOC1CCN(c2ncnc3nc[nH]c23)CC1. The van der Waals surface area contributed by atoms with Gasteiger partial charge in [-0.1, -0.05) is 0 Å². The van der Waals surface area contributed by atoms with Gasteiger partial charge in [-0.05, 0) is 12.8 Å². The Balaban J connectivity index is 1.69. The summed E-state index contributed by atoms with van der Waals surface area (Å²) in [5.41, 5.74) is 1.62. The van der Waals surface area contributed by atoms with Gasteiger partial charge < -0.3 is 14.6 Å². The number of nitrogens with zero attached hydrogens (tertiary/aromatic N) is 4. The molecule has 102 valence electrons. The van der Waals surface area contributed by atoms with Gasteiger partial charge in [-0.25, -0.2) is 15.0 Å². The number of nitrogens with one attached hydrogen (secondary N) is 1. The molecular weight excluding hydrogens is 266 g/mol. The van der Waals surface area contributed by atoms with Crippen LogP contribution >= 0.6 is 11.6 Å². The predicted octanol–water partition coefficient (Wildman–Crippen LogP) is 1.58. The second kappa shape index (κ2) is 5.71. The third kappa shape index (κ3) is 2.64. The van der Waals surface area contributed by atoms with Gasteiger partial charge in [0.15, 0.2) is 11.5 Å². The summed E-state index contributed by atoms with van der Waals surface area (Å²) in [6, 6.07) is 0. The lowest BCUT2D eigenvalue weighted by atomic mass is 10.1. The van der Waals surface area contributed by atoms with Crippen LogP contribution in [0.4, 0.5) is 5.82 Å². The maximum atomic E-state index is 5.68. The highest BCUT2D eigenvalue weighted by atomic mass is 35.5. The van der Waals surface area contributed by atoms with E-state index >= 15 is 0 Å². The van der Waals surface area contributed by atoms with E-state index in [-0.39, 0.29) is 0 Å². The Morgan fingerprint density at radius 1 is 1.32 bits per heavy atom. The molecule has 2 aromatic heterocycles. The van der Waals surface area contributed by atoms with Gasteiger partial charge in [0.2, 0.25) is 0 Å². The van der Waals surface area contributed by atoms with Crippen LogP contribution in [0.3, 0.4) is 0 Å². The monoisotopic (exact) mass is 281 g/mol. The minimum atomic E-state index is 0.314. The van der Waals surface area contributed by atoms with E-state index in [1.807, 2.05) is 0 Å². The number of imidazole rings is 1. The molecule has 0 saturated carbocycles. The molecule has 1 N–H and O–H groups in total. The lowest BCUT2D eigenvalue weighted by Crippen LogP contribution is -2.37. The lowest BCUT2D eigenvalue weighted by molar-refractivity contribution is 0.0471. The van der Waals surface area contributed by atoms with Gasteiger partial charge >= 0.3 is 0 Å². The Morgan fingerprint density at radius 2 is 2.16 bits per heavy atom. The molecule has 3 heterocycles. The van der Waals surface area contributed by atoms with Crippen LogP contribution in [0.25, 0.3) is 11.2 Å². The number of anilines is 1. The van der Waals surface area contributed by atoms with Crippen molar-refractivity contribution in [2.45, 2.75) is 18.9 Å². The second-order valence-electron chi connectivity index (χ2n) is 4.54. The van der Waals surface area contributed by atoms with Crippen molar-refractivity contribution in [3.63, 3.8) is 0 Å². The zero-order chi connectivity index (χ0) is 13.1. The van der Waals surface area contributed by atoms with Crippen LogP contribution in [0.1, 0.15) is 12.8 Å². The van der Waals surface area contributed by atoms with E-state index in [1.54, 1.807) is 12.7 Å². The zero-order valence-electron chi connectivity index (χ0n) is 10.5. The van der Waals surface area contributed by atoms with Crippen LogP contribution in [0, 0.1) is 0 Å². The summed E-state index contributed by atoms with van der Waals surface area (Å²) in [5, 5.41) is 0. The van der Waals surface area contributed by atoms with Gasteiger partial charge in [-0.15, -0.1) is 11.6 Å². The molecule has 7 heteroatoms. The molecule has 0 amide bonds. The van der Waals surface area contributed by atoms with Crippen molar-refractivity contribution < 1.29 is 4.74 Å². The average molecular weight is 282 g/mol. The third-order valence-corrected chi connectivity index (χ3v) is 3.53. The molecule has 6 nitrogen and oxygen atoms in total. The lowest BCUT2D eigenvalue weighted by Gasteiger charge is -2.32. The number of piperidine rings is 1. The highest BCUT2D eigenvalue weighted by Gasteiger charge is 2.22. The van der Waals surface area contributed by atoms with Crippen LogP contribution in [0.15, 0.2) is 12.7 Å². The third-order valence-electron chi connectivity index (χ3n) is 3.38. The minimum Gasteiger partial charge on any atom is -0.377 e. The standard InChI is InChI=1S/C12H16ClN5O/c13-3-6-19-9-1-4-18(5-2-9)12-10-11(15-7-14-10)16-8-17-12/h7-9H,1-6H2,(H,14,15,16,17). The zero-order valence-corrected chi connectivity index (χ0v) is 11.3. The number of H-pyrrole nitrogens is 1. The summed E-state index contributed by atoms with van der Waals surface area (Å²) >= 11 is 5.63. The average Bonchev–Trinajstić information content (AvgIpc) is 2.94. The number of rotatable bonds is 4. The molecule has 3 rings (SSSR count). The van der Waals surface area contributed by atoms with Crippen LogP contribution in [0.2, 0.25) is 0 Å². The molecule has 0 aliphatic carbocycles. The topological polar surface area (TPSA) is 66.9 Å². The first-order valence-corrected chi connectivity index (χ1v) is 6.98. The van der Waals surface area contributed by atoms with Crippen molar-refractivity contribution in [2.24, 2.45) is 0 Å². The molecule has 1 saturated heterocycles. The van der Waals surface area contributed by atoms with E-state index in [4.69, 9.17) is 16.3 Å². The number of aromatic nitrogens is 4. The molecule has 1 aliphatic heterocycles. The van der Waals surface area contributed by atoms with Crippen molar-refractivity contribution in [1.29, 1.82) is 0 Å². The minimum absolute atomic E-state index is 0.314. The fourth-order valence-electron chi connectivity index (χ4n) is 2.44. The fraction of sp³-hybridized carbons (Fsp3) is 0.583. The molecule has 1 aliphatic rings. The normalized spacial score (nSPS) is 17.2. The largest absolute Gasteiger partial charge is 0.377 e. The molecule has 0 aromatic carbocycles. The molecule has 0 atom stereocenters. The number of ether oxygens (including phenoxy) is 1. The Bertz CT molecular complexity index is 538. The summed E-state index contributed by atoms with van der Waals surface area (Å²) in [7, 11) is 0. The summed E-state index contributed by atoms with van der Waals surface area (Å²) < 4.78 is 5.68. The Labute approximate surface area is 116 Å². The Hall–Kier alpha value is -1.40. The van der Waals surface area contributed by atoms with Crippen LogP contribution in [0.5, 0.6) is 0 Å². The van der Waals surface area contributed by atoms with E-state index in [1.165, 1.54) is 0 Å². The molecule has 1 fully saturated rings. The van der Waals surface area contributed by atoms with Gasteiger partial charge in [-0.2, -0.15) is 0 Å². The molecular formula is C12H16ClN5O. The quantitative estimate of drug-likeness (QED) is 0.862. The molecule has 2 aromatic rings. The van der Waals surface area contributed by atoms with Crippen molar-refractivity contribution >= 4 is 28.6 Å². The number of hydrogen-bond donors (Lipinski definition) is 1.